The second-order valence-electron chi connectivity index (χ2n) is 6.38. The van der Waals surface area contributed by atoms with Gasteiger partial charge in [-0.15, -0.1) is 31.4 Å². The molecule has 2 amide bonds. The molecule has 1 saturated heterocycles. The van der Waals surface area contributed by atoms with E-state index in [0.717, 1.165) is 38.8 Å². The van der Waals surface area contributed by atoms with Gasteiger partial charge in [0.2, 0.25) is 11.8 Å². The first-order valence-corrected chi connectivity index (χ1v) is 8.23. The number of nitrogens with zero attached hydrogens (tertiary/aromatic N) is 2. The summed E-state index contributed by atoms with van der Waals surface area (Å²) < 4.78 is 0. The number of piperazine rings is 1. The Bertz CT molecular complexity index is 420. The minimum atomic E-state index is -0.651. The van der Waals surface area contributed by atoms with Gasteiger partial charge in [-0.05, 0) is 12.8 Å². The van der Waals surface area contributed by atoms with E-state index in [1.807, 2.05) is 4.90 Å². The average Bonchev–Trinajstić information content (AvgIpc) is 2.53. The molecule has 140 valence electrons. The highest BCUT2D eigenvalue weighted by Gasteiger charge is 2.39. The Hall–Kier alpha value is -0.820. The number of amides is 2. The molecule has 0 radical (unpaired) electrons. The Kier molecular flexibility index (Phi) is 10.6. The molecule has 24 heavy (non-hydrogen) atoms. The lowest BCUT2D eigenvalue weighted by molar-refractivity contribution is -0.140. The van der Waals surface area contributed by atoms with Crippen molar-refractivity contribution in [2.75, 3.05) is 39.3 Å². The zero-order valence-electron chi connectivity index (χ0n) is 14.2. The van der Waals surface area contributed by atoms with Gasteiger partial charge in [-0.3, -0.25) is 14.5 Å². The van der Waals surface area contributed by atoms with Gasteiger partial charge in [-0.1, -0.05) is 25.3 Å². The number of halogens is 2. The van der Waals surface area contributed by atoms with Crippen LogP contribution in [0.15, 0.2) is 12.7 Å². The Balaban J connectivity index is 0.00000264. The molecule has 0 unspecified atom stereocenters. The van der Waals surface area contributed by atoms with Gasteiger partial charge in [-0.2, -0.15) is 0 Å². The van der Waals surface area contributed by atoms with Crippen molar-refractivity contribution in [1.82, 2.24) is 15.1 Å². The summed E-state index contributed by atoms with van der Waals surface area (Å²) in [5.74, 6) is 0.102. The topological polar surface area (TPSA) is 78.7 Å². The minimum Gasteiger partial charge on any atom is -0.352 e. The molecule has 8 heteroatoms. The molecule has 2 fully saturated rings. The van der Waals surface area contributed by atoms with E-state index in [0.29, 0.717) is 26.2 Å². The van der Waals surface area contributed by atoms with Crippen LogP contribution in [0.1, 0.15) is 32.1 Å². The van der Waals surface area contributed by atoms with Gasteiger partial charge >= 0.3 is 0 Å². The summed E-state index contributed by atoms with van der Waals surface area (Å²) in [6.45, 7) is 7.22. The molecule has 0 aromatic carbocycles. The van der Waals surface area contributed by atoms with Gasteiger partial charge in [-0.25, -0.2) is 0 Å². The first-order valence-electron chi connectivity index (χ1n) is 8.23. The lowest BCUT2D eigenvalue weighted by atomic mass is 9.81. The van der Waals surface area contributed by atoms with Gasteiger partial charge in [0.1, 0.15) is 0 Å². The minimum absolute atomic E-state index is 0. The molecule has 1 heterocycles. The fourth-order valence-electron chi connectivity index (χ4n) is 3.27. The number of carbonyl (C=O) groups is 2. The van der Waals surface area contributed by atoms with Crippen molar-refractivity contribution in [3.8, 4) is 0 Å². The van der Waals surface area contributed by atoms with Crippen LogP contribution in [0.4, 0.5) is 0 Å². The van der Waals surface area contributed by atoms with Crippen LogP contribution in [-0.2, 0) is 9.59 Å². The molecule has 2 rings (SSSR count). The Labute approximate surface area is 157 Å². The van der Waals surface area contributed by atoms with E-state index in [1.54, 1.807) is 6.08 Å². The quantitative estimate of drug-likeness (QED) is 0.695. The van der Waals surface area contributed by atoms with E-state index in [4.69, 9.17) is 5.73 Å². The monoisotopic (exact) mass is 380 g/mol. The van der Waals surface area contributed by atoms with Crippen LogP contribution in [0.3, 0.4) is 0 Å². The summed E-state index contributed by atoms with van der Waals surface area (Å²) in [4.78, 5) is 28.3. The zero-order valence-corrected chi connectivity index (χ0v) is 15.8. The largest absolute Gasteiger partial charge is 0.352 e. The van der Waals surface area contributed by atoms with Crippen LogP contribution in [0.25, 0.3) is 0 Å². The molecule has 0 aromatic heterocycles. The maximum absolute atomic E-state index is 12.6. The summed E-state index contributed by atoms with van der Waals surface area (Å²) in [7, 11) is 0. The van der Waals surface area contributed by atoms with Gasteiger partial charge in [0, 0.05) is 32.7 Å². The first kappa shape index (κ1) is 23.2. The lowest BCUT2D eigenvalue weighted by Gasteiger charge is -2.40. The van der Waals surface area contributed by atoms with Crippen LogP contribution in [0.2, 0.25) is 0 Å². The zero-order chi connectivity index (χ0) is 16.0. The standard InChI is InChI=1S/C16H28N4O2.2ClH/c1-2-8-18-14(21)13-19-9-11-20(12-10-19)15(22)16(17)6-4-3-5-7-16;;/h2H,1,3-13,17H2,(H,18,21);2*1H. The third-order valence-electron chi connectivity index (χ3n) is 4.64. The summed E-state index contributed by atoms with van der Waals surface area (Å²) >= 11 is 0. The van der Waals surface area contributed by atoms with Crippen molar-refractivity contribution in [1.29, 1.82) is 0 Å². The lowest BCUT2D eigenvalue weighted by Crippen LogP contribution is -2.60. The average molecular weight is 381 g/mol. The fourth-order valence-corrected chi connectivity index (χ4v) is 3.27. The molecule has 0 atom stereocenters. The van der Waals surface area contributed by atoms with E-state index in [9.17, 15) is 9.59 Å². The Morgan fingerprint density at radius 3 is 2.21 bits per heavy atom. The molecular weight excluding hydrogens is 351 g/mol. The van der Waals surface area contributed by atoms with Gasteiger partial charge in [0.05, 0.1) is 12.1 Å². The van der Waals surface area contributed by atoms with E-state index in [1.165, 1.54) is 6.42 Å². The summed E-state index contributed by atoms with van der Waals surface area (Å²) in [6.07, 6.45) is 6.54. The summed E-state index contributed by atoms with van der Waals surface area (Å²) in [5.41, 5.74) is 5.67. The van der Waals surface area contributed by atoms with E-state index in [-0.39, 0.29) is 36.6 Å². The normalized spacial score (nSPS) is 20.3. The van der Waals surface area contributed by atoms with Crippen molar-refractivity contribution in [2.24, 2.45) is 5.73 Å². The number of carbonyl (C=O) groups excluding carboxylic acids is 2. The van der Waals surface area contributed by atoms with E-state index in [2.05, 4.69) is 16.8 Å². The van der Waals surface area contributed by atoms with Crippen LogP contribution >= 0.6 is 24.8 Å². The van der Waals surface area contributed by atoms with Crippen LogP contribution in [-0.4, -0.2) is 66.4 Å². The smallest absolute Gasteiger partial charge is 0.242 e. The van der Waals surface area contributed by atoms with Crippen LogP contribution < -0.4 is 11.1 Å². The van der Waals surface area contributed by atoms with E-state index >= 15 is 0 Å². The molecule has 6 nitrogen and oxygen atoms in total. The third-order valence-corrected chi connectivity index (χ3v) is 4.64. The molecule has 0 aromatic rings. The number of hydrogen-bond donors (Lipinski definition) is 2. The molecular formula is C16H30Cl2N4O2. The first-order chi connectivity index (χ1) is 10.5. The Morgan fingerprint density at radius 1 is 1.08 bits per heavy atom. The highest BCUT2D eigenvalue weighted by atomic mass is 35.5. The predicted octanol–water partition coefficient (Wildman–Crippen LogP) is 0.938. The van der Waals surface area contributed by atoms with Gasteiger partial charge in [0.25, 0.3) is 0 Å². The highest BCUT2D eigenvalue weighted by Crippen LogP contribution is 2.28. The SMILES string of the molecule is C=CCNC(=O)CN1CCN(C(=O)C2(N)CCCCC2)CC1.Cl.Cl. The number of nitrogens with one attached hydrogen (secondary N) is 1. The molecule has 0 bridgehead atoms. The number of rotatable bonds is 5. The predicted molar refractivity (Wildman–Crippen MR) is 101 cm³/mol. The highest BCUT2D eigenvalue weighted by molar-refractivity contribution is 5.86. The Morgan fingerprint density at radius 2 is 1.67 bits per heavy atom. The molecule has 1 aliphatic heterocycles. The third kappa shape index (κ3) is 6.24. The van der Waals surface area contributed by atoms with Crippen LogP contribution in [0.5, 0.6) is 0 Å². The summed E-state index contributed by atoms with van der Waals surface area (Å²) in [6, 6.07) is 0. The molecule has 1 aliphatic carbocycles. The van der Waals surface area contributed by atoms with Crippen molar-refractivity contribution < 1.29 is 9.59 Å². The molecule has 3 N–H and O–H groups in total. The maximum Gasteiger partial charge on any atom is 0.242 e. The van der Waals surface area contributed by atoms with Crippen LogP contribution in [0, 0.1) is 0 Å². The van der Waals surface area contributed by atoms with Crippen molar-refractivity contribution in [3.63, 3.8) is 0 Å². The van der Waals surface area contributed by atoms with Crippen molar-refractivity contribution in [3.05, 3.63) is 12.7 Å². The van der Waals surface area contributed by atoms with E-state index < -0.39 is 5.54 Å². The van der Waals surface area contributed by atoms with Gasteiger partial charge in [0.15, 0.2) is 0 Å². The second kappa shape index (κ2) is 10.9. The fraction of sp³-hybridized carbons (Fsp3) is 0.750. The molecule has 1 saturated carbocycles. The number of nitrogens with two attached hydrogens (primary N) is 1. The number of hydrogen-bond acceptors (Lipinski definition) is 4. The van der Waals surface area contributed by atoms with Crippen molar-refractivity contribution >= 4 is 36.6 Å². The molecule has 2 aliphatic rings. The van der Waals surface area contributed by atoms with Crippen molar-refractivity contribution in [2.45, 2.75) is 37.6 Å². The second-order valence-corrected chi connectivity index (χ2v) is 6.38. The molecule has 0 spiro atoms. The maximum atomic E-state index is 12.6. The summed E-state index contributed by atoms with van der Waals surface area (Å²) in [5, 5.41) is 2.77. The van der Waals surface area contributed by atoms with Gasteiger partial charge < -0.3 is 16.0 Å².